The summed E-state index contributed by atoms with van der Waals surface area (Å²) in [4.78, 5) is 0. The molecule has 72 valence electrons. The number of rotatable bonds is 2. The molecular formula is C10H11N3S. The van der Waals surface area contributed by atoms with E-state index in [1.54, 1.807) is 0 Å². The van der Waals surface area contributed by atoms with Crippen LogP contribution >= 0.6 is 12.2 Å². The van der Waals surface area contributed by atoms with Gasteiger partial charge in [0.05, 0.1) is 6.04 Å². The number of hydrazone groups is 1. The van der Waals surface area contributed by atoms with E-state index in [1.165, 1.54) is 5.56 Å². The standard InChI is InChI=1S/C10H11N3S/c14-10-12-9(7-11-13-10)6-8-4-2-1-3-5-8/h1-5,7,9H,6H2,(H2,12,13,14). The molecule has 0 spiro atoms. The molecule has 0 aromatic heterocycles. The highest BCUT2D eigenvalue weighted by molar-refractivity contribution is 7.80. The van der Waals surface area contributed by atoms with Crippen molar-refractivity contribution in [3.63, 3.8) is 0 Å². The molecule has 4 heteroatoms. The van der Waals surface area contributed by atoms with E-state index in [0.29, 0.717) is 5.11 Å². The lowest BCUT2D eigenvalue weighted by atomic mass is 10.1. The summed E-state index contributed by atoms with van der Waals surface area (Å²) in [6, 6.07) is 10.5. The van der Waals surface area contributed by atoms with Gasteiger partial charge < -0.3 is 5.32 Å². The Balaban J connectivity index is 2.01. The van der Waals surface area contributed by atoms with Gasteiger partial charge in [-0.05, 0) is 24.2 Å². The minimum atomic E-state index is 0.200. The maximum absolute atomic E-state index is 4.96. The third-order valence-corrected chi connectivity index (χ3v) is 2.24. The Labute approximate surface area is 88.2 Å². The van der Waals surface area contributed by atoms with Crippen LogP contribution < -0.4 is 10.7 Å². The molecular weight excluding hydrogens is 194 g/mol. The van der Waals surface area contributed by atoms with Crippen LogP contribution in [0, 0.1) is 0 Å². The predicted octanol–water partition coefficient (Wildman–Crippen LogP) is 1.06. The van der Waals surface area contributed by atoms with Gasteiger partial charge in [0.25, 0.3) is 0 Å². The molecule has 3 nitrogen and oxygen atoms in total. The lowest BCUT2D eigenvalue weighted by Gasteiger charge is -2.19. The van der Waals surface area contributed by atoms with Crippen LogP contribution in [0.4, 0.5) is 0 Å². The topological polar surface area (TPSA) is 36.4 Å². The summed E-state index contributed by atoms with van der Waals surface area (Å²) in [5, 5.41) is 7.68. The molecule has 1 aromatic carbocycles. The monoisotopic (exact) mass is 205 g/mol. The Bertz CT molecular complexity index is 348. The summed E-state index contributed by atoms with van der Waals surface area (Å²) in [5.74, 6) is 0. The number of benzene rings is 1. The van der Waals surface area contributed by atoms with E-state index in [1.807, 2.05) is 24.4 Å². The molecule has 0 saturated heterocycles. The normalized spacial score (nSPS) is 20.0. The lowest BCUT2D eigenvalue weighted by Crippen LogP contribution is -2.46. The van der Waals surface area contributed by atoms with Crippen molar-refractivity contribution in [3.05, 3.63) is 35.9 Å². The highest BCUT2D eigenvalue weighted by Gasteiger charge is 2.11. The van der Waals surface area contributed by atoms with Gasteiger partial charge in [-0.25, -0.2) is 0 Å². The second kappa shape index (κ2) is 4.19. The molecule has 0 aliphatic carbocycles. The van der Waals surface area contributed by atoms with Crippen molar-refractivity contribution in [2.45, 2.75) is 12.5 Å². The smallest absolute Gasteiger partial charge is 0.187 e. The third-order valence-electron chi connectivity index (χ3n) is 2.04. The zero-order valence-electron chi connectivity index (χ0n) is 7.60. The summed E-state index contributed by atoms with van der Waals surface area (Å²) in [5.41, 5.74) is 3.97. The maximum atomic E-state index is 4.96. The van der Waals surface area contributed by atoms with Crippen LogP contribution in [-0.2, 0) is 6.42 Å². The number of hydrogen-bond donors (Lipinski definition) is 2. The van der Waals surface area contributed by atoms with Crippen LogP contribution in [0.25, 0.3) is 0 Å². The van der Waals surface area contributed by atoms with Crippen molar-refractivity contribution in [3.8, 4) is 0 Å². The van der Waals surface area contributed by atoms with Crippen LogP contribution in [0.15, 0.2) is 35.4 Å². The van der Waals surface area contributed by atoms with Crippen LogP contribution in [0.1, 0.15) is 5.56 Å². The fourth-order valence-corrected chi connectivity index (χ4v) is 1.60. The van der Waals surface area contributed by atoms with Gasteiger partial charge in [0.2, 0.25) is 0 Å². The van der Waals surface area contributed by atoms with Crippen molar-refractivity contribution >= 4 is 23.5 Å². The van der Waals surface area contributed by atoms with Crippen molar-refractivity contribution in [2.75, 3.05) is 0 Å². The first-order valence-electron chi connectivity index (χ1n) is 4.48. The van der Waals surface area contributed by atoms with Gasteiger partial charge in [0.15, 0.2) is 5.11 Å². The zero-order chi connectivity index (χ0) is 9.80. The molecule has 0 fully saturated rings. The van der Waals surface area contributed by atoms with Gasteiger partial charge in [0, 0.05) is 6.21 Å². The Kier molecular flexibility index (Phi) is 2.74. The van der Waals surface area contributed by atoms with Gasteiger partial charge >= 0.3 is 0 Å². The van der Waals surface area contributed by atoms with E-state index in [4.69, 9.17) is 12.2 Å². The van der Waals surface area contributed by atoms with E-state index in [9.17, 15) is 0 Å². The molecule has 0 saturated carbocycles. The Hall–Kier alpha value is -1.42. The van der Waals surface area contributed by atoms with Gasteiger partial charge in [-0.15, -0.1) is 0 Å². The van der Waals surface area contributed by atoms with E-state index in [0.717, 1.165) is 6.42 Å². The molecule has 14 heavy (non-hydrogen) atoms. The second-order valence-electron chi connectivity index (χ2n) is 3.16. The Morgan fingerprint density at radius 3 is 2.79 bits per heavy atom. The minimum Gasteiger partial charge on any atom is -0.353 e. The van der Waals surface area contributed by atoms with E-state index in [-0.39, 0.29) is 6.04 Å². The number of thiocarbonyl (C=S) groups is 1. The largest absolute Gasteiger partial charge is 0.353 e. The molecule has 2 rings (SSSR count). The molecule has 1 unspecified atom stereocenters. The van der Waals surface area contributed by atoms with Gasteiger partial charge in [0.1, 0.15) is 0 Å². The van der Waals surface area contributed by atoms with Crippen molar-refractivity contribution in [1.29, 1.82) is 0 Å². The Morgan fingerprint density at radius 2 is 2.07 bits per heavy atom. The van der Waals surface area contributed by atoms with Crippen molar-refractivity contribution in [1.82, 2.24) is 10.7 Å². The van der Waals surface area contributed by atoms with Crippen LogP contribution in [0.3, 0.4) is 0 Å². The van der Waals surface area contributed by atoms with E-state index in [2.05, 4.69) is 28.0 Å². The lowest BCUT2D eigenvalue weighted by molar-refractivity contribution is 0.725. The summed E-state index contributed by atoms with van der Waals surface area (Å²) >= 11 is 4.96. The minimum absolute atomic E-state index is 0.200. The highest BCUT2D eigenvalue weighted by atomic mass is 32.1. The second-order valence-corrected chi connectivity index (χ2v) is 3.57. The summed E-state index contributed by atoms with van der Waals surface area (Å²) < 4.78 is 0. The molecule has 1 atom stereocenters. The van der Waals surface area contributed by atoms with Crippen molar-refractivity contribution < 1.29 is 0 Å². The Morgan fingerprint density at radius 1 is 1.29 bits per heavy atom. The van der Waals surface area contributed by atoms with Crippen LogP contribution in [0.5, 0.6) is 0 Å². The molecule has 0 amide bonds. The molecule has 1 aromatic rings. The molecule has 1 heterocycles. The van der Waals surface area contributed by atoms with E-state index < -0.39 is 0 Å². The fraction of sp³-hybridized carbons (Fsp3) is 0.200. The molecule has 0 radical (unpaired) electrons. The molecule has 1 aliphatic heterocycles. The third kappa shape index (κ3) is 2.29. The summed E-state index contributed by atoms with van der Waals surface area (Å²) in [6.45, 7) is 0. The van der Waals surface area contributed by atoms with Crippen LogP contribution in [-0.4, -0.2) is 17.4 Å². The first-order valence-corrected chi connectivity index (χ1v) is 4.89. The summed E-state index contributed by atoms with van der Waals surface area (Å²) in [7, 11) is 0. The quantitative estimate of drug-likeness (QED) is 0.709. The van der Waals surface area contributed by atoms with Gasteiger partial charge in [-0.1, -0.05) is 30.3 Å². The highest BCUT2D eigenvalue weighted by Crippen LogP contribution is 2.02. The molecule has 2 N–H and O–H groups in total. The first-order chi connectivity index (χ1) is 6.84. The zero-order valence-corrected chi connectivity index (χ0v) is 8.42. The van der Waals surface area contributed by atoms with Crippen LogP contribution in [0.2, 0.25) is 0 Å². The predicted molar refractivity (Wildman–Crippen MR) is 61.3 cm³/mol. The van der Waals surface area contributed by atoms with E-state index >= 15 is 0 Å². The summed E-state index contributed by atoms with van der Waals surface area (Å²) in [6.07, 6.45) is 2.74. The van der Waals surface area contributed by atoms with Gasteiger partial charge in [-0.3, -0.25) is 5.43 Å². The fourth-order valence-electron chi connectivity index (χ4n) is 1.40. The number of nitrogens with zero attached hydrogens (tertiary/aromatic N) is 1. The molecule has 0 bridgehead atoms. The SMILES string of the molecule is S=C1NN=CC(Cc2ccccc2)N1. The van der Waals surface area contributed by atoms with Crippen molar-refractivity contribution in [2.24, 2.45) is 5.10 Å². The average Bonchev–Trinajstić information content (AvgIpc) is 2.19. The molecule has 1 aliphatic rings. The number of hydrogen-bond acceptors (Lipinski definition) is 2. The van der Waals surface area contributed by atoms with Gasteiger partial charge in [-0.2, -0.15) is 5.10 Å². The maximum Gasteiger partial charge on any atom is 0.187 e. The first kappa shape index (κ1) is 9.15. The average molecular weight is 205 g/mol. The number of nitrogens with one attached hydrogen (secondary N) is 2.